The summed E-state index contributed by atoms with van der Waals surface area (Å²) in [5.41, 5.74) is 3.17. The molecule has 1 aliphatic rings. The van der Waals surface area contributed by atoms with E-state index in [-0.39, 0.29) is 10.8 Å². The first-order chi connectivity index (χ1) is 10.0. The van der Waals surface area contributed by atoms with E-state index in [0.717, 1.165) is 5.22 Å². The predicted octanol–water partition coefficient (Wildman–Crippen LogP) is 4.90. The van der Waals surface area contributed by atoms with Gasteiger partial charge in [0.25, 0.3) is 0 Å². The van der Waals surface area contributed by atoms with Crippen LogP contribution >= 0.6 is 0 Å². The molecule has 0 aromatic heterocycles. The molecule has 0 aliphatic heterocycles. The van der Waals surface area contributed by atoms with Crippen LogP contribution in [0.15, 0.2) is 36.4 Å². The van der Waals surface area contributed by atoms with Gasteiger partial charge >= 0.3 is 0 Å². The molecule has 2 rings (SSSR count). The van der Waals surface area contributed by atoms with Crippen molar-refractivity contribution in [2.45, 2.75) is 53.4 Å². The molecule has 0 amide bonds. The van der Waals surface area contributed by atoms with Crippen molar-refractivity contribution in [2.24, 2.45) is 10.8 Å². The Morgan fingerprint density at radius 1 is 0.682 bits per heavy atom. The van der Waals surface area contributed by atoms with Crippen LogP contribution in [0.1, 0.15) is 64.5 Å². The van der Waals surface area contributed by atoms with Gasteiger partial charge < -0.3 is 0 Å². The van der Waals surface area contributed by atoms with Gasteiger partial charge in [-0.2, -0.15) is 0 Å². The van der Waals surface area contributed by atoms with Crippen LogP contribution in [0.25, 0.3) is 13.2 Å². The van der Waals surface area contributed by atoms with E-state index in [9.17, 15) is 0 Å². The minimum atomic E-state index is 0.199. The highest BCUT2D eigenvalue weighted by Gasteiger charge is 2.44. The number of hydrogen-bond donors (Lipinski definition) is 0. The minimum Gasteiger partial charge on any atom is -0.0918 e. The van der Waals surface area contributed by atoms with E-state index in [1.165, 1.54) is 16.3 Å². The fourth-order valence-corrected chi connectivity index (χ4v) is 3.85. The lowest BCUT2D eigenvalue weighted by Crippen LogP contribution is -2.29. The number of rotatable bonds is 0. The average Bonchev–Trinajstić information content (AvgIpc) is 2.62. The molecule has 0 saturated heterocycles. The van der Waals surface area contributed by atoms with Crippen LogP contribution in [0, 0.1) is 10.8 Å². The monoisotopic (exact) mass is 294 g/mol. The van der Waals surface area contributed by atoms with Crippen molar-refractivity contribution in [1.29, 1.82) is 0 Å². The Labute approximate surface area is 135 Å². The Hall–Kier alpha value is -1.56. The van der Waals surface area contributed by atoms with Crippen molar-refractivity contribution in [3.63, 3.8) is 0 Å². The Balaban J connectivity index is 2.87. The number of hydrogen-bond acceptors (Lipinski definition) is 0. The summed E-state index contributed by atoms with van der Waals surface area (Å²) in [7, 11) is 0. The fourth-order valence-electron chi connectivity index (χ4n) is 3.85. The zero-order valence-electron chi connectivity index (χ0n) is 15.0. The lowest BCUT2D eigenvalue weighted by Gasteiger charge is -2.40. The highest BCUT2D eigenvalue weighted by atomic mass is 14.5. The van der Waals surface area contributed by atoms with Crippen LogP contribution in [-0.2, 0) is 0 Å². The van der Waals surface area contributed by atoms with E-state index in [4.69, 9.17) is 0 Å². The van der Waals surface area contributed by atoms with E-state index in [1.54, 1.807) is 0 Å². The summed E-state index contributed by atoms with van der Waals surface area (Å²) in [4.78, 5) is 0. The lowest BCUT2D eigenvalue weighted by molar-refractivity contribution is 0.195. The Bertz CT molecular complexity index is 651. The molecule has 118 valence electrons. The van der Waals surface area contributed by atoms with Gasteiger partial charge in [-0.1, -0.05) is 91.1 Å². The summed E-state index contributed by atoms with van der Waals surface area (Å²) < 4.78 is 0. The summed E-state index contributed by atoms with van der Waals surface area (Å²) in [5, 5.41) is 2.24. The van der Waals surface area contributed by atoms with Crippen molar-refractivity contribution in [1.82, 2.24) is 0 Å². The maximum absolute atomic E-state index is 4.43. The van der Waals surface area contributed by atoms with Crippen LogP contribution in [0.4, 0.5) is 0 Å². The summed E-state index contributed by atoms with van der Waals surface area (Å²) in [6, 6.07) is 12.9. The molecule has 1 aliphatic carbocycles. The van der Waals surface area contributed by atoms with Crippen LogP contribution in [0.3, 0.4) is 0 Å². The van der Waals surface area contributed by atoms with Gasteiger partial charge in [-0.3, -0.25) is 0 Å². The van der Waals surface area contributed by atoms with E-state index < -0.39 is 0 Å². The second-order valence-corrected chi connectivity index (χ2v) is 8.70. The maximum Gasteiger partial charge on any atom is -0.00333 e. The molecule has 0 heterocycles. The van der Waals surface area contributed by atoms with Gasteiger partial charge in [0.1, 0.15) is 0 Å². The first kappa shape index (κ1) is 16.8. The molecule has 0 fully saturated rings. The summed E-state index contributed by atoms with van der Waals surface area (Å²) in [5.74, 6) is 0.964. The predicted molar refractivity (Wildman–Crippen MR) is 98.8 cm³/mol. The van der Waals surface area contributed by atoms with Crippen molar-refractivity contribution in [3.05, 3.63) is 58.0 Å². The van der Waals surface area contributed by atoms with E-state index in [2.05, 4.69) is 91.1 Å². The maximum atomic E-state index is 4.43. The van der Waals surface area contributed by atoms with Crippen molar-refractivity contribution >= 4 is 13.2 Å². The highest BCUT2D eigenvalue weighted by molar-refractivity contribution is 5.42. The molecule has 2 atom stereocenters. The van der Waals surface area contributed by atoms with Crippen molar-refractivity contribution in [2.75, 3.05) is 0 Å². The van der Waals surface area contributed by atoms with Gasteiger partial charge in [-0.25, -0.2) is 0 Å². The highest BCUT2D eigenvalue weighted by Crippen LogP contribution is 2.53. The largest absolute Gasteiger partial charge is 0.0918 e. The molecule has 0 N–H and O–H groups in total. The van der Waals surface area contributed by atoms with E-state index in [1.807, 2.05) is 0 Å². The molecule has 0 saturated carbocycles. The molecule has 2 unspecified atom stereocenters. The molecule has 1 aromatic rings. The van der Waals surface area contributed by atoms with Crippen molar-refractivity contribution in [3.8, 4) is 0 Å². The SMILES string of the molecule is C=c1cccc2c(=C)c(ccc1)C(C(C)(C)C)C2C(C)(C)C. The van der Waals surface area contributed by atoms with Crippen LogP contribution < -0.4 is 10.4 Å². The fraction of sp³-hybridized carbons (Fsp3) is 0.455. The van der Waals surface area contributed by atoms with Crippen LogP contribution in [-0.4, -0.2) is 0 Å². The standard InChI is InChI=1S/C22H30/c1-15-11-9-13-17-16(2)18(14-10-12-15)20(22(6,7)8)19(17)21(3,4)5/h9-14,19-20H,1-2H2,3-8H3. The van der Waals surface area contributed by atoms with Gasteiger partial charge in [0.15, 0.2) is 0 Å². The molecule has 2 bridgehead atoms. The van der Waals surface area contributed by atoms with E-state index >= 15 is 0 Å². The third-order valence-electron chi connectivity index (χ3n) is 4.74. The smallest absolute Gasteiger partial charge is 0.00333 e. The van der Waals surface area contributed by atoms with Crippen LogP contribution in [0.2, 0.25) is 0 Å². The Morgan fingerprint density at radius 3 is 1.36 bits per heavy atom. The zero-order chi connectivity index (χ0) is 16.7. The Morgan fingerprint density at radius 2 is 1.05 bits per heavy atom. The Kier molecular flexibility index (Phi) is 4.26. The van der Waals surface area contributed by atoms with Gasteiger partial charge in [0, 0.05) is 0 Å². The second kappa shape index (κ2) is 5.57. The summed E-state index contributed by atoms with van der Waals surface area (Å²) in [6.45, 7) is 22.6. The molecule has 0 spiro atoms. The second-order valence-electron chi connectivity index (χ2n) is 8.70. The molecular formula is C22H30. The van der Waals surface area contributed by atoms with Gasteiger partial charge in [0.2, 0.25) is 0 Å². The molecule has 1 aromatic carbocycles. The van der Waals surface area contributed by atoms with Gasteiger partial charge in [0.05, 0.1) is 0 Å². The van der Waals surface area contributed by atoms with Gasteiger partial charge in [-0.15, -0.1) is 0 Å². The van der Waals surface area contributed by atoms with Crippen molar-refractivity contribution < 1.29 is 0 Å². The molecule has 22 heavy (non-hydrogen) atoms. The average molecular weight is 294 g/mol. The van der Waals surface area contributed by atoms with Crippen LogP contribution in [0.5, 0.6) is 0 Å². The molecule has 0 heteroatoms. The molecule has 0 radical (unpaired) electrons. The van der Waals surface area contributed by atoms with Gasteiger partial charge in [-0.05, 0) is 44.2 Å². The first-order valence-corrected chi connectivity index (χ1v) is 8.18. The topological polar surface area (TPSA) is 0 Å². The molecule has 0 nitrogen and oxygen atoms in total. The zero-order valence-corrected chi connectivity index (χ0v) is 15.0. The normalized spacial score (nSPS) is 20.6. The third kappa shape index (κ3) is 3.11. The first-order valence-electron chi connectivity index (χ1n) is 8.18. The quantitative estimate of drug-likeness (QED) is 0.638. The van der Waals surface area contributed by atoms with E-state index in [0.29, 0.717) is 11.8 Å². The third-order valence-corrected chi connectivity index (χ3v) is 4.74. The number of fused-ring (bicyclic) bond motifs is 2. The lowest BCUT2D eigenvalue weighted by atomic mass is 9.63. The minimum absolute atomic E-state index is 0.199. The molecular weight excluding hydrogens is 264 g/mol. The summed E-state index contributed by atoms with van der Waals surface area (Å²) in [6.07, 6.45) is 0. The summed E-state index contributed by atoms with van der Waals surface area (Å²) >= 11 is 0.